The fourth-order valence-corrected chi connectivity index (χ4v) is 3.68. The van der Waals surface area contributed by atoms with Gasteiger partial charge in [0.05, 0.1) is 0 Å². The Morgan fingerprint density at radius 1 is 0.864 bits per heavy atom. The maximum Gasteiger partial charge on any atom is 0.123 e. The summed E-state index contributed by atoms with van der Waals surface area (Å²) in [6.45, 7) is 13.2. The number of phenols is 1. The first-order chi connectivity index (χ1) is 10.1. The van der Waals surface area contributed by atoms with Gasteiger partial charge in [-0.3, -0.25) is 0 Å². The molecular weight excluding hydrogens is 268 g/mol. The number of hydrogen-bond acceptors (Lipinski definition) is 1. The molecule has 2 rings (SSSR count). The van der Waals surface area contributed by atoms with E-state index in [0.717, 1.165) is 17.0 Å². The van der Waals surface area contributed by atoms with Gasteiger partial charge in [0.2, 0.25) is 0 Å². The molecule has 0 spiro atoms. The Hall–Kier alpha value is -0.980. The quantitative estimate of drug-likeness (QED) is 0.698. The van der Waals surface area contributed by atoms with E-state index in [-0.39, 0.29) is 10.8 Å². The summed E-state index contributed by atoms with van der Waals surface area (Å²) >= 11 is 0. The molecule has 1 N–H and O–H groups in total. The number of aromatic hydroxyl groups is 1. The van der Waals surface area contributed by atoms with E-state index >= 15 is 0 Å². The number of hydrogen-bond donors (Lipinski definition) is 1. The predicted octanol–water partition coefficient (Wildman–Crippen LogP) is 6.11. The lowest BCUT2D eigenvalue weighted by Crippen LogP contribution is -2.19. The van der Waals surface area contributed by atoms with Crippen LogP contribution >= 0.6 is 0 Å². The minimum atomic E-state index is -0.0212. The van der Waals surface area contributed by atoms with Crippen LogP contribution in [0.25, 0.3) is 0 Å². The van der Waals surface area contributed by atoms with Crippen LogP contribution in [0.3, 0.4) is 0 Å². The molecule has 0 aromatic heterocycles. The Morgan fingerprint density at radius 2 is 1.32 bits per heavy atom. The molecule has 1 aliphatic rings. The van der Waals surface area contributed by atoms with E-state index in [0.29, 0.717) is 5.75 Å². The topological polar surface area (TPSA) is 20.2 Å². The van der Waals surface area contributed by atoms with Crippen LogP contribution in [0.4, 0.5) is 0 Å². The van der Waals surface area contributed by atoms with Crippen molar-refractivity contribution < 1.29 is 5.11 Å². The van der Waals surface area contributed by atoms with Crippen LogP contribution in [0.15, 0.2) is 12.1 Å². The van der Waals surface area contributed by atoms with Crippen molar-refractivity contribution in [1.82, 2.24) is 0 Å². The molecule has 0 bridgehead atoms. The minimum absolute atomic E-state index is 0.0212. The smallest absolute Gasteiger partial charge is 0.123 e. The molecule has 0 amide bonds. The Balaban J connectivity index is 2.41. The second-order valence-corrected chi connectivity index (χ2v) is 9.25. The fourth-order valence-electron chi connectivity index (χ4n) is 3.68. The third kappa shape index (κ3) is 4.06. The van der Waals surface area contributed by atoms with Crippen molar-refractivity contribution in [2.45, 2.75) is 90.9 Å². The van der Waals surface area contributed by atoms with Crippen LogP contribution in [-0.4, -0.2) is 5.11 Å². The first-order valence-electron chi connectivity index (χ1n) is 8.96. The molecule has 0 aliphatic heterocycles. The van der Waals surface area contributed by atoms with Crippen LogP contribution in [0.1, 0.15) is 90.3 Å². The first-order valence-corrected chi connectivity index (χ1v) is 8.96. The normalized spacial score (nSPS) is 17.7. The highest BCUT2D eigenvalue weighted by Crippen LogP contribution is 2.40. The van der Waals surface area contributed by atoms with Crippen molar-refractivity contribution in [3.8, 4) is 5.75 Å². The molecule has 0 heterocycles. The maximum absolute atomic E-state index is 10.8. The van der Waals surface area contributed by atoms with E-state index in [1.54, 1.807) is 0 Å². The third-order valence-electron chi connectivity index (χ3n) is 5.03. The van der Waals surface area contributed by atoms with Gasteiger partial charge in [0, 0.05) is 0 Å². The standard InChI is InChI=1S/C21H34O/c1-20(2,3)17-13-16(12-15-10-8-7-9-11-15)14-18(19(17)22)21(4,5)6/h13-15,22H,7-12H2,1-6H3. The average molecular weight is 303 g/mol. The number of rotatable bonds is 2. The van der Waals surface area contributed by atoms with E-state index in [9.17, 15) is 5.11 Å². The lowest BCUT2D eigenvalue weighted by molar-refractivity contribution is 0.355. The van der Waals surface area contributed by atoms with Crippen molar-refractivity contribution in [3.05, 3.63) is 28.8 Å². The second-order valence-electron chi connectivity index (χ2n) is 9.25. The highest BCUT2D eigenvalue weighted by atomic mass is 16.3. The Labute approximate surface area is 137 Å². The summed E-state index contributed by atoms with van der Waals surface area (Å²) < 4.78 is 0. The SMILES string of the molecule is CC(C)(C)c1cc(CC2CCCCC2)cc(C(C)(C)C)c1O. The number of phenolic OH excluding ortho intramolecular Hbond substituents is 1. The molecule has 1 aromatic rings. The molecule has 1 saturated carbocycles. The zero-order valence-corrected chi connectivity index (χ0v) is 15.4. The summed E-state index contributed by atoms with van der Waals surface area (Å²) in [4.78, 5) is 0. The van der Waals surface area contributed by atoms with Gasteiger partial charge in [0.15, 0.2) is 0 Å². The molecule has 124 valence electrons. The van der Waals surface area contributed by atoms with Gasteiger partial charge in [-0.15, -0.1) is 0 Å². The summed E-state index contributed by atoms with van der Waals surface area (Å²) in [6.07, 6.45) is 8.11. The first kappa shape index (κ1) is 17.4. The van der Waals surface area contributed by atoms with Gasteiger partial charge in [-0.05, 0) is 39.9 Å². The van der Waals surface area contributed by atoms with Gasteiger partial charge >= 0.3 is 0 Å². The van der Waals surface area contributed by atoms with E-state index in [1.807, 2.05) is 0 Å². The maximum atomic E-state index is 10.8. The fraction of sp³-hybridized carbons (Fsp3) is 0.714. The van der Waals surface area contributed by atoms with Gasteiger partial charge in [0.25, 0.3) is 0 Å². The van der Waals surface area contributed by atoms with Crippen LogP contribution in [0.5, 0.6) is 5.75 Å². The third-order valence-corrected chi connectivity index (χ3v) is 5.03. The molecule has 0 atom stereocenters. The summed E-state index contributed by atoms with van der Waals surface area (Å²) in [7, 11) is 0. The van der Waals surface area contributed by atoms with Crippen LogP contribution in [-0.2, 0) is 17.3 Å². The molecule has 0 unspecified atom stereocenters. The van der Waals surface area contributed by atoms with Crippen LogP contribution in [0.2, 0.25) is 0 Å². The van der Waals surface area contributed by atoms with Crippen molar-refractivity contribution in [2.24, 2.45) is 5.92 Å². The van der Waals surface area contributed by atoms with Crippen molar-refractivity contribution in [1.29, 1.82) is 0 Å². The molecule has 1 heteroatoms. The minimum Gasteiger partial charge on any atom is -0.507 e. The van der Waals surface area contributed by atoms with Gasteiger partial charge in [-0.25, -0.2) is 0 Å². The molecule has 1 aromatic carbocycles. The Morgan fingerprint density at radius 3 is 1.73 bits per heavy atom. The molecule has 0 saturated heterocycles. The van der Waals surface area contributed by atoms with E-state index in [1.165, 1.54) is 44.1 Å². The molecule has 1 nitrogen and oxygen atoms in total. The highest BCUT2D eigenvalue weighted by Gasteiger charge is 2.27. The average Bonchev–Trinajstić information content (AvgIpc) is 2.39. The van der Waals surface area contributed by atoms with Crippen molar-refractivity contribution in [2.75, 3.05) is 0 Å². The van der Waals surface area contributed by atoms with Gasteiger partial charge < -0.3 is 5.11 Å². The van der Waals surface area contributed by atoms with E-state index in [4.69, 9.17) is 0 Å². The van der Waals surface area contributed by atoms with E-state index in [2.05, 4.69) is 53.7 Å². The van der Waals surface area contributed by atoms with Gasteiger partial charge in [-0.1, -0.05) is 85.8 Å². The number of benzene rings is 1. The van der Waals surface area contributed by atoms with Gasteiger partial charge in [0.1, 0.15) is 5.75 Å². The zero-order chi connectivity index (χ0) is 16.5. The Kier molecular flexibility index (Phi) is 4.94. The summed E-state index contributed by atoms with van der Waals surface area (Å²) in [5.74, 6) is 1.34. The van der Waals surface area contributed by atoms with Crippen LogP contribution < -0.4 is 0 Å². The lowest BCUT2D eigenvalue weighted by atomic mass is 9.76. The molecular formula is C21H34O. The largest absolute Gasteiger partial charge is 0.507 e. The zero-order valence-electron chi connectivity index (χ0n) is 15.4. The summed E-state index contributed by atoms with van der Waals surface area (Å²) in [5.41, 5.74) is 3.58. The predicted molar refractivity (Wildman–Crippen MR) is 95.8 cm³/mol. The van der Waals surface area contributed by atoms with Crippen LogP contribution in [0, 0.1) is 5.92 Å². The second kappa shape index (κ2) is 6.26. The molecule has 22 heavy (non-hydrogen) atoms. The van der Waals surface area contributed by atoms with Crippen molar-refractivity contribution in [3.63, 3.8) is 0 Å². The van der Waals surface area contributed by atoms with Gasteiger partial charge in [-0.2, -0.15) is 0 Å². The lowest BCUT2D eigenvalue weighted by Gasteiger charge is -2.29. The monoisotopic (exact) mass is 302 g/mol. The van der Waals surface area contributed by atoms with Crippen molar-refractivity contribution >= 4 is 0 Å². The summed E-state index contributed by atoms with van der Waals surface area (Å²) in [5, 5.41) is 10.8. The molecule has 1 fully saturated rings. The highest BCUT2D eigenvalue weighted by molar-refractivity contribution is 5.50. The van der Waals surface area contributed by atoms with E-state index < -0.39 is 0 Å². The molecule has 0 radical (unpaired) electrons. The summed E-state index contributed by atoms with van der Waals surface area (Å²) in [6, 6.07) is 4.53. The Bertz CT molecular complexity index is 473. The molecule has 1 aliphatic carbocycles.